The lowest BCUT2D eigenvalue weighted by Gasteiger charge is -2.11. The van der Waals surface area contributed by atoms with E-state index < -0.39 is 0 Å². The smallest absolute Gasteiger partial charge is 0.170 e. The number of hydrogen-bond donors (Lipinski definition) is 2. The van der Waals surface area contributed by atoms with Crippen molar-refractivity contribution in [2.75, 3.05) is 7.11 Å². The number of oxime groups is 1. The maximum Gasteiger partial charge on any atom is 0.170 e. The molecule has 0 radical (unpaired) electrons. The van der Waals surface area contributed by atoms with Gasteiger partial charge >= 0.3 is 0 Å². The minimum atomic E-state index is 0.0753. The monoisotopic (exact) mass is 272 g/mol. The van der Waals surface area contributed by atoms with Crippen LogP contribution in [0.2, 0.25) is 0 Å². The standard InChI is InChI=1S/C15H16N2O3/c1-10-9-11(7-8-12(10)15(16)17-18)20-14-6-4-3-5-13(14)19-2/h3-9,18H,1-2H3,(H2,16,17). The molecule has 0 aliphatic carbocycles. The van der Waals surface area contributed by atoms with Crippen LogP contribution >= 0.6 is 0 Å². The van der Waals surface area contributed by atoms with Crippen molar-refractivity contribution in [1.82, 2.24) is 0 Å². The van der Waals surface area contributed by atoms with Gasteiger partial charge in [-0.05, 0) is 42.8 Å². The van der Waals surface area contributed by atoms with Crippen LogP contribution in [-0.2, 0) is 0 Å². The van der Waals surface area contributed by atoms with Gasteiger partial charge in [-0.3, -0.25) is 0 Å². The van der Waals surface area contributed by atoms with Crippen LogP contribution in [0.3, 0.4) is 0 Å². The van der Waals surface area contributed by atoms with Crippen LogP contribution < -0.4 is 15.2 Å². The van der Waals surface area contributed by atoms with Crippen molar-refractivity contribution in [3.63, 3.8) is 0 Å². The van der Waals surface area contributed by atoms with Crippen molar-refractivity contribution in [1.29, 1.82) is 0 Å². The van der Waals surface area contributed by atoms with E-state index >= 15 is 0 Å². The summed E-state index contributed by atoms with van der Waals surface area (Å²) >= 11 is 0. The molecule has 20 heavy (non-hydrogen) atoms. The largest absolute Gasteiger partial charge is 0.493 e. The van der Waals surface area contributed by atoms with Gasteiger partial charge in [0.1, 0.15) is 5.75 Å². The van der Waals surface area contributed by atoms with Crippen molar-refractivity contribution in [2.45, 2.75) is 6.92 Å². The fraction of sp³-hybridized carbons (Fsp3) is 0.133. The lowest BCUT2D eigenvalue weighted by atomic mass is 10.1. The first-order chi connectivity index (χ1) is 9.65. The third-order valence-electron chi connectivity index (χ3n) is 2.88. The van der Waals surface area contributed by atoms with E-state index in [4.69, 9.17) is 20.4 Å². The zero-order valence-corrected chi connectivity index (χ0v) is 11.3. The fourth-order valence-electron chi connectivity index (χ4n) is 1.87. The Balaban J connectivity index is 2.29. The molecule has 2 aromatic carbocycles. The summed E-state index contributed by atoms with van der Waals surface area (Å²) in [6, 6.07) is 12.7. The number of rotatable bonds is 4. The molecule has 2 rings (SSSR count). The molecule has 0 unspecified atom stereocenters. The molecule has 3 N–H and O–H groups in total. The fourth-order valence-corrected chi connectivity index (χ4v) is 1.87. The van der Waals surface area contributed by atoms with Gasteiger partial charge in [-0.25, -0.2) is 0 Å². The zero-order valence-electron chi connectivity index (χ0n) is 11.3. The Morgan fingerprint density at radius 1 is 1.15 bits per heavy atom. The number of hydrogen-bond acceptors (Lipinski definition) is 4. The second-order valence-electron chi connectivity index (χ2n) is 4.21. The van der Waals surface area contributed by atoms with Gasteiger partial charge in [0, 0.05) is 5.56 Å². The zero-order chi connectivity index (χ0) is 14.5. The van der Waals surface area contributed by atoms with Crippen molar-refractivity contribution >= 4 is 5.84 Å². The summed E-state index contributed by atoms with van der Waals surface area (Å²) in [5, 5.41) is 11.7. The number of nitrogens with two attached hydrogens (primary N) is 1. The summed E-state index contributed by atoms with van der Waals surface area (Å²) in [6.45, 7) is 1.86. The molecular formula is C15H16N2O3. The highest BCUT2D eigenvalue weighted by atomic mass is 16.5. The number of methoxy groups -OCH3 is 1. The Morgan fingerprint density at radius 2 is 1.85 bits per heavy atom. The van der Waals surface area contributed by atoms with Crippen LogP contribution in [-0.4, -0.2) is 18.2 Å². The van der Waals surface area contributed by atoms with E-state index in [2.05, 4.69) is 5.16 Å². The number of aryl methyl sites for hydroxylation is 1. The third-order valence-corrected chi connectivity index (χ3v) is 2.88. The number of para-hydroxylation sites is 2. The SMILES string of the molecule is COc1ccccc1Oc1ccc(/C(N)=N/O)c(C)c1. The van der Waals surface area contributed by atoms with Crippen molar-refractivity contribution < 1.29 is 14.7 Å². The summed E-state index contributed by atoms with van der Waals surface area (Å²) in [4.78, 5) is 0. The predicted molar refractivity (Wildman–Crippen MR) is 76.8 cm³/mol. The molecule has 5 nitrogen and oxygen atoms in total. The maximum absolute atomic E-state index is 8.70. The molecular weight excluding hydrogens is 256 g/mol. The Labute approximate surface area is 117 Å². The Bertz CT molecular complexity index is 639. The normalized spacial score (nSPS) is 11.2. The van der Waals surface area contributed by atoms with E-state index in [0.29, 0.717) is 22.8 Å². The first-order valence-corrected chi connectivity index (χ1v) is 6.05. The van der Waals surface area contributed by atoms with Gasteiger partial charge in [0.15, 0.2) is 17.3 Å². The molecule has 0 aliphatic rings. The molecule has 0 saturated carbocycles. The topological polar surface area (TPSA) is 77.1 Å². The molecule has 0 aromatic heterocycles. The molecule has 0 atom stereocenters. The molecule has 0 saturated heterocycles. The summed E-state index contributed by atoms with van der Waals surface area (Å²) in [5.41, 5.74) is 7.10. The molecule has 104 valence electrons. The summed E-state index contributed by atoms with van der Waals surface area (Å²) in [5.74, 6) is 2.02. The minimum Gasteiger partial charge on any atom is -0.493 e. The maximum atomic E-state index is 8.70. The summed E-state index contributed by atoms with van der Waals surface area (Å²) in [6.07, 6.45) is 0. The quantitative estimate of drug-likeness (QED) is 0.388. The Hall–Kier alpha value is -2.69. The van der Waals surface area contributed by atoms with Crippen molar-refractivity contribution in [3.8, 4) is 17.2 Å². The third kappa shape index (κ3) is 2.83. The lowest BCUT2D eigenvalue weighted by molar-refractivity contribution is 0.318. The van der Waals surface area contributed by atoms with Gasteiger partial charge in [-0.1, -0.05) is 17.3 Å². The predicted octanol–water partition coefficient (Wildman–Crippen LogP) is 2.89. The molecule has 0 fully saturated rings. The van der Waals surface area contributed by atoms with Gasteiger partial charge in [0.2, 0.25) is 0 Å². The molecule has 0 amide bonds. The van der Waals surface area contributed by atoms with Crippen LogP contribution in [0.25, 0.3) is 0 Å². The minimum absolute atomic E-state index is 0.0753. The average Bonchev–Trinajstić information content (AvgIpc) is 2.47. The number of amidine groups is 1. The highest BCUT2D eigenvalue weighted by Gasteiger charge is 2.08. The number of nitrogens with zero attached hydrogens (tertiary/aromatic N) is 1. The van der Waals surface area contributed by atoms with Crippen LogP contribution in [0.5, 0.6) is 17.2 Å². The van der Waals surface area contributed by atoms with Gasteiger partial charge in [0.25, 0.3) is 0 Å². The highest BCUT2D eigenvalue weighted by molar-refractivity contribution is 5.98. The van der Waals surface area contributed by atoms with Crippen LogP contribution in [0.15, 0.2) is 47.6 Å². The highest BCUT2D eigenvalue weighted by Crippen LogP contribution is 2.31. The second-order valence-corrected chi connectivity index (χ2v) is 4.21. The van der Waals surface area contributed by atoms with Crippen LogP contribution in [0, 0.1) is 6.92 Å². The van der Waals surface area contributed by atoms with E-state index in [-0.39, 0.29) is 5.84 Å². The Morgan fingerprint density at radius 3 is 2.45 bits per heavy atom. The van der Waals surface area contributed by atoms with Crippen molar-refractivity contribution in [2.24, 2.45) is 10.9 Å². The van der Waals surface area contributed by atoms with E-state index in [1.54, 1.807) is 19.2 Å². The van der Waals surface area contributed by atoms with E-state index in [1.165, 1.54) is 0 Å². The molecule has 0 spiro atoms. The summed E-state index contributed by atoms with van der Waals surface area (Å²) < 4.78 is 11.0. The average molecular weight is 272 g/mol. The van der Waals surface area contributed by atoms with Gasteiger partial charge in [-0.2, -0.15) is 0 Å². The number of benzene rings is 2. The molecule has 0 bridgehead atoms. The van der Waals surface area contributed by atoms with E-state index in [1.807, 2.05) is 37.3 Å². The van der Waals surface area contributed by atoms with E-state index in [0.717, 1.165) is 5.56 Å². The molecule has 0 aliphatic heterocycles. The first kappa shape index (κ1) is 13.7. The molecule has 0 heterocycles. The molecule has 2 aromatic rings. The van der Waals surface area contributed by atoms with Gasteiger partial charge in [0.05, 0.1) is 7.11 Å². The summed E-state index contributed by atoms with van der Waals surface area (Å²) in [7, 11) is 1.59. The van der Waals surface area contributed by atoms with Crippen LogP contribution in [0.1, 0.15) is 11.1 Å². The first-order valence-electron chi connectivity index (χ1n) is 6.05. The van der Waals surface area contributed by atoms with Crippen LogP contribution in [0.4, 0.5) is 0 Å². The van der Waals surface area contributed by atoms with Gasteiger partial charge in [-0.15, -0.1) is 0 Å². The second kappa shape index (κ2) is 5.97. The van der Waals surface area contributed by atoms with E-state index in [9.17, 15) is 0 Å². The number of ether oxygens (including phenoxy) is 2. The van der Waals surface area contributed by atoms with Gasteiger partial charge < -0.3 is 20.4 Å². The van der Waals surface area contributed by atoms with Crippen molar-refractivity contribution in [3.05, 3.63) is 53.6 Å². The lowest BCUT2D eigenvalue weighted by Crippen LogP contribution is -2.14. The Kier molecular flexibility index (Phi) is 4.10. The molecule has 5 heteroatoms.